The van der Waals surface area contributed by atoms with Crippen molar-refractivity contribution >= 4 is 52.2 Å². The van der Waals surface area contributed by atoms with Gasteiger partial charge in [0.2, 0.25) is 5.91 Å². The van der Waals surface area contributed by atoms with Gasteiger partial charge in [-0.3, -0.25) is 4.79 Å². The highest BCUT2D eigenvalue weighted by Gasteiger charge is 2.06. The number of benzene rings is 1. The maximum absolute atomic E-state index is 11.6. The molecule has 17 heavy (non-hydrogen) atoms. The minimum atomic E-state index is -0.0865. The molecule has 0 aromatic heterocycles. The highest BCUT2D eigenvalue weighted by molar-refractivity contribution is 8.01. The van der Waals surface area contributed by atoms with E-state index in [2.05, 4.69) is 5.32 Å². The molecular formula is C11H13ClN2OS2. The Kier molecular flexibility index (Phi) is 5.74. The third-order valence-corrected chi connectivity index (χ3v) is 3.74. The van der Waals surface area contributed by atoms with Crippen molar-refractivity contribution in [3.05, 3.63) is 28.8 Å². The van der Waals surface area contributed by atoms with E-state index < -0.39 is 0 Å². The van der Waals surface area contributed by atoms with E-state index in [0.717, 1.165) is 11.3 Å². The molecule has 1 aromatic rings. The third kappa shape index (κ3) is 4.93. The largest absolute Gasteiger partial charge is 0.393 e. The van der Waals surface area contributed by atoms with E-state index in [9.17, 15) is 4.79 Å². The fourth-order valence-corrected chi connectivity index (χ4v) is 2.16. The van der Waals surface area contributed by atoms with Gasteiger partial charge >= 0.3 is 0 Å². The molecule has 0 aliphatic heterocycles. The number of carbonyl (C=O) groups is 1. The number of carbonyl (C=O) groups excluding carboxylic acids is 1. The minimum absolute atomic E-state index is 0.0865. The second-order valence-electron chi connectivity index (χ2n) is 3.42. The number of anilines is 1. The molecule has 0 unspecified atom stereocenters. The summed E-state index contributed by atoms with van der Waals surface area (Å²) >= 11 is 12.1. The van der Waals surface area contributed by atoms with Gasteiger partial charge in [-0.05, 0) is 24.6 Å². The number of rotatable bonds is 5. The summed E-state index contributed by atoms with van der Waals surface area (Å²) < 4.78 is 0. The van der Waals surface area contributed by atoms with Crippen LogP contribution in [0.25, 0.3) is 0 Å². The smallest absolute Gasteiger partial charge is 0.234 e. The van der Waals surface area contributed by atoms with Gasteiger partial charge in [0.15, 0.2) is 0 Å². The average Bonchev–Trinajstić information content (AvgIpc) is 2.24. The molecule has 0 spiro atoms. The Morgan fingerprint density at radius 3 is 2.88 bits per heavy atom. The molecule has 0 heterocycles. The molecule has 0 aliphatic carbocycles. The Morgan fingerprint density at radius 2 is 2.24 bits per heavy atom. The Balaban J connectivity index is 2.51. The molecule has 0 fully saturated rings. The van der Waals surface area contributed by atoms with Crippen LogP contribution in [0.2, 0.25) is 5.02 Å². The van der Waals surface area contributed by atoms with E-state index in [0.29, 0.717) is 21.5 Å². The van der Waals surface area contributed by atoms with E-state index in [4.69, 9.17) is 29.6 Å². The van der Waals surface area contributed by atoms with Crippen molar-refractivity contribution < 1.29 is 4.79 Å². The van der Waals surface area contributed by atoms with Crippen LogP contribution in [0.3, 0.4) is 0 Å². The number of nitrogens with one attached hydrogen (secondary N) is 1. The summed E-state index contributed by atoms with van der Waals surface area (Å²) in [5.41, 5.74) is 6.93. The maximum Gasteiger partial charge on any atom is 0.234 e. The second-order valence-corrected chi connectivity index (χ2v) is 5.34. The first-order valence-corrected chi connectivity index (χ1v) is 6.86. The van der Waals surface area contributed by atoms with Gasteiger partial charge in [0, 0.05) is 16.5 Å². The van der Waals surface area contributed by atoms with E-state index in [1.807, 2.05) is 13.0 Å². The van der Waals surface area contributed by atoms with Gasteiger partial charge in [-0.1, -0.05) is 29.9 Å². The van der Waals surface area contributed by atoms with Gasteiger partial charge < -0.3 is 11.1 Å². The molecule has 0 atom stereocenters. The number of thiocarbonyl (C=S) groups is 1. The Labute approximate surface area is 115 Å². The third-order valence-electron chi connectivity index (χ3n) is 2.02. The van der Waals surface area contributed by atoms with Crippen molar-refractivity contribution in [2.75, 3.05) is 16.8 Å². The molecule has 3 nitrogen and oxygen atoms in total. The van der Waals surface area contributed by atoms with Crippen LogP contribution in [0, 0.1) is 6.92 Å². The summed E-state index contributed by atoms with van der Waals surface area (Å²) in [6.07, 6.45) is 0. The molecule has 6 heteroatoms. The quantitative estimate of drug-likeness (QED) is 0.818. The SMILES string of the molecule is Cc1c(Cl)cccc1NC(=O)CSCC(N)=S. The molecule has 1 rings (SSSR count). The zero-order chi connectivity index (χ0) is 12.8. The Hall–Kier alpha value is -0.780. The molecule has 92 valence electrons. The summed E-state index contributed by atoms with van der Waals surface area (Å²) in [5, 5.41) is 3.43. The lowest BCUT2D eigenvalue weighted by Crippen LogP contribution is -2.17. The maximum atomic E-state index is 11.6. The van der Waals surface area contributed by atoms with E-state index >= 15 is 0 Å². The lowest BCUT2D eigenvalue weighted by molar-refractivity contribution is -0.113. The molecule has 0 aliphatic rings. The van der Waals surface area contributed by atoms with E-state index in [1.165, 1.54) is 11.8 Å². The van der Waals surface area contributed by atoms with E-state index in [-0.39, 0.29) is 5.91 Å². The van der Waals surface area contributed by atoms with E-state index in [1.54, 1.807) is 12.1 Å². The molecule has 0 bridgehead atoms. The van der Waals surface area contributed by atoms with Crippen molar-refractivity contribution in [1.29, 1.82) is 0 Å². The fraction of sp³-hybridized carbons (Fsp3) is 0.273. The van der Waals surface area contributed by atoms with Gasteiger partial charge in [-0.25, -0.2) is 0 Å². The first-order chi connectivity index (χ1) is 8.00. The van der Waals surface area contributed by atoms with Gasteiger partial charge in [0.05, 0.1) is 10.7 Å². The van der Waals surface area contributed by atoms with Crippen LogP contribution in [0.5, 0.6) is 0 Å². The highest BCUT2D eigenvalue weighted by Crippen LogP contribution is 2.22. The average molecular weight is 289 g/mol. The van der Waals surface area contributed by atoms with Gasteiger partial charge in [0.25, 0.3) is 0 Å². The second kappa shape index (κ2) is 6.83. The molecule has 0 saturated heterocycles. The number of hydrogen-bond acceptors (Lipinski definition) is 3. The molecule has 0 radical (unpaired) electrons. The predicted molar refractivity (Wildman–Crippen MR) is 78.9 cm³/mol. The first-order valence-electron chi connectivity index (χ1n) is 4.91. The Bertz CT molecular complexity index is 437. The molecule has 1 amide bonds. The normalized spacial score (nSPS) is 10.0. The molecule has 1 aromatic carbocycles. The lowest BCUT2D eigenvalue weighted by Gasteiger charge is -2.09. The van der Waals surface area contributed by atoms with Crippen molar-refractivity contribution in [3.8, 4) is 0 Å². The number of amides is 1. The van der Waals surface area contributed by atoms with Crippen molar-refractivity contribution in [2.45, 2.75) is 6.92 Å². The molecule has 0 saturated carbocycles. The monoisotopic (exact) mass is 288 g/mol. The van der Waals surface area contributed by atoms with Gasteiger partial charge in [0.1, 0.15) is 0 Å². The zero-order valence-corrected chi connectivity index (χ0v) is 11.7. The highest BCUT2D eigenvalue weighted by atomic mass is 35.5. The summed E-state index contributed by atoms with van der Waals surface area (Å²) in [4.78, 5) is 12.0. The summed E-state index contributed by atoms with van der Waals surface area (Å²) in [6.45, 7) is 1.86. The fourth-order valence-electron chi connectivity index (χ4n) is 1.17. The van der Waals surface area contributed by atoms with Crippen LogP contribution in [0.1, 0.15) is 5.56 Å². The van der Waals surface area contributed by atoms with Crippen LogP contribution in [-0.2, 0) is 4.79 Å². The number of nitrogens with two attached hydrogens (primary N) is 1. The minimum Gasteiger partial charge on any atom is -0.393 e. The van der Waals surface area contributed by atoms with Gasteiger partial charge in [-0.2, -0.15) is 0 Å². The van der Waals surface area contributed by atoms with Crippen LogP contribution in [-0.4, -0.2) is 22.4 Å². The lowest BCUT2D eigenvalue weighted by atomic mass is 10.2. The van der Waals surface area contributed by atoms with Crippen LogP contribution >= 0.6 is 35.6 Å². The standard InChI is InChI=1S/C11H13ClN2OS2/c1-7-8(12)3-2-4-9(7)14-11(15)6-17-5-10(13)16/h2-4H,5-6H2,1H3,(H2,13,16)(H,14,15). The van der Waals surface area contributed by atoms with Crippen molar-refractivity contribution in [3.63, 3.8) is 0 Å². The summed E-state index contributed by atoms with van der Waals surface area (Å²) in [6, 6.07) is 5.40. The summed E-state index contributed by atoms with van der Waals surface area (Å²) in [5.74, 6) is 0.747. The van der Waals surface area contributed by atoms with Gasteiger partial charge in [-0.15, -0.1) is 11.8 Å². The molecular weight excluding hydrogens is 276 g/mol. The topological polar surface area (TPSA) is 55.1 Å². The van der Waals surface area contributed by atoms with Crippen LogP contribution < -0.4 is 11.1 Å². The number of thioether (sulfide) groups is 1. The number of hydrogen-bond donors (Lipinski definition) is 2. The zero-order valence-electron chi connectivity index (χ0n) is 9.33. The van der Waals surface area contributed by atoms with Crippen LogP contribution in [0.4, 0.5) is 5.69 Å². The van der Waals surface area contributed by atoms with Crippen LogP contribution in [0.15, 0.2) is 18.2 Å². The van der Waals surface area contributed by atoms with Crippen molar-refractivity contribution in [2.24, 2.45) is 5.73 Å². The predicted octanol–water partition coefficient (Wildman–Crippen LogP) is 2.61. The number of halogens is 1. The first kappa shape index (κ1) is 14.3. The molecule has 3 N–H and O–H groups in total. The Morgan fingerprint density at radius 1 is 1.53 bits per heavy atom. The van der Waals surface area contributed by atoms with Crippen molar-refractivity contribution in [1.82, 2.24) is 0 Å². The summed E-state index contributed by atoms with van der Waals surface area (Å²) in [7, 11) is 0.